The fourth-order valence-corrected chi connectivity index (χ4v) is 2.20. The molecular formula is C16H14N2O. The first-order valence-corrected chi connectivity index (χ1v) is 6.17. The lowest BCUT2D eigenvalue weighted by Crippen LogP contribution is -1.93. The van der Waals surface area contributed by atoms with Gasteiger partial charge in [0.05, 0.1) is 12.3 Å². The first-order chi connectivity index (χ1) is 9.38. The molecule has 1 aliphatic heterocycles. The fraction of sp³-hybridized carbons (Fsp3) is 0.0625. The zero-order valence-electron chi connectivity index (χ0n) is 10.4. The molecule has 0 saturated carbocycles. The molecule has 1 aliphatic rings. The highest BCUT2D eigenvalue weighted by Crippen LogP contribution is 2.28. The smallest absolute Gasteiger partial charge is 0.0729 e. The van der Waals surface area contributed by atoms with Crippen LogP contribution in [0.4, 0.5) is 0 Å². The number of benzene rings is 1. The molecule has 1 aromatic carbocycles. The molecule has 0 amide bonds. The van der Waals surface area contributed by atoms with Gasteiger partial charge in [0.1, 0.15) is 0 Å². The summed E-state index contributed by atoms with van der Waals surface area (Å²) < 4.78 is 0. The van der Waals surface area contributed by atoms with Crippen molar-refractivity contribution >= 4 is 11.8 Å². The Morgan fingerprint density at radius 1 is 1.21 bits per heavy atom. The number of rotatable bonds is 3. The lowest BCUT2D eigenvalue weighted by Gasteiger charge is -2.09. The van der Waals surface area contributed by atoms with Crippen molar-refractivity contribution < 1.29 is 5.11 Å². The summed E-state index contributed by atoms with van der Waals surface area (Å²) in [5, 5.41) is 9.27. The highest BCUT2D eigenvalue weighted by Gasteiger charge is 2.12. The Kier molecular flexibility index (Phi) is 3.12. The van der Waals surface area contributed by atoms with Crippen LogP contribution < -0.4 is 0 Å². The van der Waals surface area contributed by atoms with Crippen LogP contribution in [0.15, 0.2) is 65.4 Å². The van der Waals surface area contributed by atoms with Crippen LogP contribution in [0.5, 0.6) is 0 Å². The molecule has 0 aliphatic carbocycles. The van der Waals surface area contributed by atoms with E-state index in [9.17, 15) is 5.11 Å². The van der Waals surface area contributed by atoms with E-state index in [1.165, 1.54) is 0 Å². The fourth-order valence-electron chi connectivity index (χ4n) is 2.20. The number of hydrogen-bond acceptors (Lipinski definition) is 2. The van der Waals surface area contributed by atoms with Gasteiger partial charge in [-0.05, 0) is 41.5 Å². The molecule has 0 saturated heterocycles. The van der Waals surface area contributed by atoms with Crippen LogP contribution in [-0.4, -0.2) is 16.3 Å². The summed E-state index contributed by atoms with van der Waals surface area (Å²) in [6.45, 7) is 0.0420. The molecule has 0 unspecified atom stereocenters. The van der Waals surface area contributed by atoms with E-state index in [4.69, 9.17) is 0 Å². The van der Waals surface area contributed by atoms with Crippen LogP contribution in [-0.2, 0) is 6.61 Å². The summed E-state index contributed by atoms with van der Waals surface area (Å²) in [4.78, 5) is 7.61. The Balaban J connectivity index is 2.18. The van der Waals surface area contributed by atoms with Gasteiger partial charge in [-0.25, -0.2) is 0 Å². The minimum atomic E-state index is 0.0420. The third kappa shape index (κ3) is 2.28. The second-order valence-electron chi connectivity index (χ2n) is 4.34. The Morgan fingerprint density at radius 2 is 2.16 bits per heavy atom. The maximum absolute atomic E-state index is 9.27. The molecule has 19 heavy (non-hydrogen) atoms. The van der Waals surface area contributed by atoms with E-state index in [-0.39, 0.29) is 6.61 Å². The van der Waals surface area contributed by atoms with Crippen LogP contribution in [0.1, 0.15) is 16.8 Å². The molecule has 2 aromatic rings. The van der Waals surface area contributed by atoms with Crippen molar-refractivity contribution in [1.29, 1.82) is 0 Å². The number of aromatic nitrogens is 1. The van der Waals surface area contributed by atoms with Crippen LogP contribution in [0.3, 0.4) is 0 Å². The van der Waals surface area contributed by atoms with Gasteiger partial charge in [-0.2, -0.15) is 0 Å². The molecule has 3 rings (SSSR count). The average molecular weight is 250 g/mol. The lowest BCUT2D eigenvalue weighted by atomic mass is 9.99. The van der Waals surface area contributed by atoms with Crippen LogP contribution in [0.25, 0.3) is 5.57 Å². The second kappa shape index (κ2) is 5.08. The van der Waals surface area contributed by atoms with Gasteiger partial charge in [0.25, 0.3) is 0 Å². The average Bonchev–Trinajstić information content (AvgIpc) is 3.13. The molecule has 2 heterocycles. The molecule has 3 heteroatoms. The van der Waals surface area contributed by atoms with E-state index in [1.54, 1.807) is 6.21 Å². The Hall–Kier alpha value is -2.39. The minimum absolute atomic E-state index is 0.0420. The highest BCUT2D eigenvalue weighted by atomic mass is 16.3. The van der Waals surface area contributed by atoms with Gasteiger partial charge < -0.3 is 10.1 Å². The molecule has 0 bridgehead atoms. The standard InChI is InChI=1S/C16H14N2O/c19-11-12-4-1-5-13(10-12)16(14-6-2-8-17-14)15-7-3-9-18-15/h1-10,17,19H,11H2/b16-15-. The van der Waals surface area contributed by atoms with E-state index in [0.717, 1.165) is 28.1 Å². The molecule has 0 fully saturated rings. The highest BCUT2D eigenvalue weighted by molar-refractivity contribution is 5.88. The van der Waals surface area contributed by atoms with Crippen LogP contribution >= 0.6 is 0 Å². The number of nitrogens with one attached hydrogen (secondary N) is 1. The van der Waals surface area contributed by atoms with Gasteiger partial charge in [-0.3, -0.25) is 4.99 Å². The predicted octanol–water partition coefficient (Wildman–Crippen LogP) is 2.91. The first-order valence-electron chi connectivity index (χ1n) is 6.17. The largest absolute Gasteiger partial charge is 0.392 e. The number of hydrogen-bond donors (Lipinski definition) is 2. The normalized spacial score (nSPS) is 16.1. The van der Waals surface area contributed by atoms with Crippen molar-refractivity contribution in [2.24, 2.45) is 4.99 Å². The molecule has 0 spiro atoms. The van der Waals surface area contributed by atoms with Crippen molar-refractivity contribution in [1.82, 2.24) is 4.98 Å². The topological polar surface area (TPSA) is 48.4 Å². The molecule has 1 aromatic heterocycles. The number of nitrogens with zero attached hydrogens (tertiary/aromatic N) is 1. The van der Waals surface area contributed by atoms with Crippen molar-refractivity contribution in [3.05, 3.63) is 77.3 Å². The van der Waals surface area contributed by atoms with Crippen molar-refractivity contribution in [3.63, 3.8) is 0 Å². The van der Waals surface area contributed by atoms with Crippen LogP contribution in [0, 0.1) is 0 Å². The van der Waals surface area contributed by atoms with Crippen LogP contribution in [0.2, 0.25) is 0 Å². The number of H-pyrrole nitrogens is 1. The maximum atomic E-state index is 9.27. The van der Waals surface area contributed by atoms with Gasteiger partial charge in [-0.1, -0.05) is 18.2 Å². The summed E-state index contributed by atoms with van der Waals surface area (Å²) in [7, 11) is 0. The van der Waals surface area contributed by atoms with Crippen molar-refractivity contribution in [2.75, 3.05) is 0 Å². The number of aliphatic hydroxyl groups is 1. The third-order valence-electron chi connectivity index (χ3n) is 3.08. The Morgan fingerprint density at radius 3 is 2.84 bits per heavy atom. The van der Waals surface area contributed by atoms with Gasteiger partial charge >= 0.3 is 0 Å². The minimum Gasteiger partial charge on any atom is -0.392 e. The molecule has 2 N–H and O–H groups in total. The van der Waals surface area contributed by atoms with E-state index in [2.05, 4.69) is 9.98 Å². The number of aliphatic hydroxyl groups excluding tert-OH is 1. The summed E-state index contributed by atoms with van der Waals surface area (Å²) >= 11 is 0. The van der Waals surface area contributed by atoms with E-state index in [0.29, 0.717) is 0 Å². The molecular weight excluding hydrogens is 236 g/mol. The number of aromatic amines is 1. The zero-order chi connectivity index (χ0) is 13.1. The Bertz CT molecular complexity index is 650. The van der Waals surface area contributed by atoms with Crippen molar-refractivity contribution in [2.45, 2.75) is 6.61 Å². The molecule has 3 nitrogen and oxygen atoms in total. The van der Waals surface area contributed by atoms with Gasteiger partial charge in [-0.15, -0.1) is 0 Å². The lowest BCUT2D eigenvalue weighted by molar-refractivity contribution is 0.282. The summed E-state index contributed by atoms with van der Waals surface area (Å²) in [6.07, 6.45) is 7.60. The predicted molar refractivity (Wildman–Crippen MR) is 76.8 cm³/mol. The maximum Gasteiger partial charge on any atom is 0.0729 e. The summed E-state index contributed by atoms with van der Waals surface area (Å²) in [5.74, 6) is 0. The molecule has 0 radical (unpaired) electrons. The Labute approximate surface area is 111 Å². The monoisotopic (exact) mass is 250 g/mol. The first kappa shape index (κ1) is 11.7. The molecule has 94 valence electrons. The van der Waals surface area contributed by atoms with Crippen molar-refractivity contribution in [3.8, 4) is 0 Å². The number of allylic oxidation sites excluding steroid dienone is 2. The van der Waals surface area contributed by atoms with E-state index < -0.39 is 0 Å². The third-order valence-corrected chi connectivity index (χ3v) is 3.08. The molecule has 0 atom stereocenters. The van der Waals surface area contributed by atoms with E-state index >= 15 is 0 Å². The summed E-state index contributed by atoms with van der Waals surface area (Å²) in [5.41, 5.74) is 4.94. The summed E-state index contributed by atoms with van der Waals surface area (Å²) in [6, 6.07) is 11.9. The van der Waals surface area contributed by atoms with E-state index in [1.807, 2.05) is 54.7 Å². The van der Waals surface area contributed by atoms with Gasteiger partial charge in [0.15, 0.2) is 0 Å². The zero-order valence-corrected chi connectivity index (χ0v) is 10.4. The van der Waals surface area contributed by atoms with Gasteiger partial charge in [0.2, 0.25) is 0 Å². The van der Waals surface area contributed by atoms with Gasteiger partial charge in [0, 0.05) is 23.7 Å². The second-order valence-corrected chi connectivity index (χ2v) is 4.34. The quantitative estimate of drug-likeness (QED) is 0.864. The number of aliphatic imine (C=N–C) groups is 1. The SMILES string of the molecule is OCc1cccc(/C(=C2\C=CC=N2)c2ccc[nH]2)c1.